The Kier molecular flexibility index (Phi) is 4.56. The van der Waals surface area contributed by atoms with Gasteiger partial charge in [-0.2, -0.15) is 0 Å². The number of benzene rings is 7. The number of hydrogen-bond acceptors (Lipinski definition) is 0. The van der Waals surface area contributed by atoms with Crippen molar-refractivity contribution >= 4 is 43.5 Å². The summed E-state index contributed by atoms with van der Waals surface area (Å²) in [6.07, 6.45) is 0. The van der Waals surface area contributed by atoms with Crippen molar-refractivity contribution in [3.8, 4) is 22.3 Å². The first kappa shape index (κ1) is 24.0. The largest absolute Gasteiger partial charge is 0.0619 e. The van der Waals surface area contributed by atoms with E-state index in [0.717, 1.165) is 0 Å². The molecular weight excluding hydrogens is 504 g/mol. The van der Waals surface area contributed by atoms with Crippen LogP contribution in [0.25, 0.3) is 65.7 Å². The second-order valence-electron chi connectivity index (χ2n) is 13.4. The summed E-state index contributed by atoms with van der Waals surface area (Å²) >= 11 is 0. The molecule has 42 heavy (non-hydrogen) atoms. The zero-order chi connectivity index (χ0) is 28.4. The minimum absolute atomic E-state index is 0.0122. The van der Waals surface area contributed by atoms with Gasteiger partial charge >= 0.3 is 0 Å². The molecule has 0 unspecified atom stereocenters. The van der Waals surface area contributed by atoms with Gasteiger partial charge < -0.3 is 0 Å². The molecule has 0 nitrogen and oxygen atoms in total. The lowest BCUT2D eigenvalue weighted by molar-refractivity contribution is 0.694. The third kappa shape index (κ3) is 2.97. The van der Waals surface area contributed by atoms with E-state index in [9.17, 15) is 0 Å². The summed E-state index contributed by atoms with van der Waals surface area (Å²) < 4.78 is 0. The summed E-state index contributed by atoms with van der Waals surface area (Å²) in [4.78, 5) is 0. The maximum absolute atomic E-state index is 2.46. The Bertz CT molecular complexity index is 2260. The van der Waals surface area contributed by atoms with Crippen LogP contribution in [0.15, 0.2) is 121 Å². The van der Waals surface area contributed by atoms with Crippen LogP contribution in [0.1, 0.15) is 49.9 Å². The molecule has 2 aliphatic carbocycles. The second-order valence-corrected chi connectivity index (χ2v) is 13.4. The molecule has 0 spiro atoms. The highest BCUT2D eigenvalue weighted by atomic mass is 14.5. The fraction of sp³-hybridized carbons (Fsp3) is 0.143. The van der Waals surface area contributed by atoms with Crippen LogP contribution in [0.3, 0.4) is 0 Å². The molecular formula is C42H32. The average Bonchev–Trinajstić information content (AvgIpc) is 3.41. The van der Waals surface area contributed by atoms with E-state index in [0.29, 0.717) is 0 Å². The first-order valence-electron chi connectivity index (χ1n) is 15.1. The molecule has 7 aromatic carbocycles. The van der Waals surface area contributed by atoms with Crippen LogP contribution in [-0.2, 0) is 10.8 Å². The lowest BCUT2D eigenvalue weighted by Gasteiger charge is -2.28. The minimum atomic E-state index is -0.0355. The topological polar surface area (TPSA) is 0 Å². The normalized spacial score (nSPS) is 16.4. The van der Waals surface area contributed by atoms with Crippen LogP contribution in [0.2, 0.25) is 0 Å². The van der Waals surface area contributed by atoms with E-state index in [1.165, 1.54) is 88.0 Å². The summed E-state index contributed by atoms with van der Waals surface area (Å²) in [6.45, 7) is 9.61. The smallest absolute Gasteiger partial charge is 0.0162 e. The summed E-state index contributed by atoms with van der Waals surface area (Å²) in [5.74, 6) is 0. The van der Waals surface area contributed by atoms with E-state index >= 15 is 0 Å². The molecule has 200 valence electrons. The Labute approximate surface area is 247 Å². The van der Waals surface area contributed by atoms with Crippen molar-refractivity contribution in [1.82, 2.24) is 0 Å². The minimum Gasteiger partial charge on any atom is -0.0619 e. The first-order valence-corrected chi connectivity index (χ1v) is 15.1. The predicted octanol–water partition coefficient (Wildman–Crippen LogP) is 11.4. The molecule has 0 heterocycles. The molecule has 0 saturated heterocycles. The molecule has 0 aliphatic heterocycles. The Balaban J connectivity index is 1.13. The van der Waals surface area contributed by atoms with Gasteiger partial charge in [-0.15, -0.1) is 0 Å². The van der Waals surface area contributed by atoms with Gasteiger partial charge in [0.25, 0.3) is 0 Å². The van der Waals surface area contributed by atoms with E-state index in [-0.39, 0.29) is 10.8 Å². The molecule has 2 aliphatic rings. The summed E-state index contributed by atoms with van der Waals surface area (Å²) in [7, 11) is 0. The van der Waals surface area contributed by atoms with E-state index in [4.69, 9.17) is 0 Å². The van der Waals surface area contributed by atoms with Gasteiger partial charge in [0.15, 0.2) is 0 Å². The fourth-order valence-electron chi connectivity index (χ4n) is 8.37. The van der Waals surface area contributed by atoms with E-state index in [1.54, 1.807) is 0 Å². The zero-order valence-electron chi connectivity index (χ0n) is 24.5. The van der Waals surface area contributed by atoms with Gasteiger partial charge in [-0.25, -0.2) is 0 Å². The van der Waals surface area contributed by atoms with Gasteiger partial charge in [0.05, 0.1) is 0 Å². The lowest BCUT2D eigenvalue weighted by Crippen LogP contribution is -2.19. The number of fused-ring (bicyclic) bond motifs is 4. The molecule has 0 radical (unpaired) electrons. The van der Waals surface area contributed by atoms with Crippen molar-refractivity contribution in [3.63, 3.8) is 0 Å². The van der Waals surface area contributed by atoms with E-state index < -0.39 is 0 Å². The van der Waals surface area contributed by atoms with E-state index in [1.807, 2.05) is 0 Å². The molecule has 0 atom stereocenters. The van der Waals surface area contributed by atoms with Crippen LogP contribution < -0.4 is 0 Å². The monoisotopic (exact) mass is 536 g/mol. The highest BCUT2D eigenvalue weighted by Gasteiger charge is 2.49. The van der Waals surface area contributed by atoms with Crippen LogP contribution >= 0.6 is 0 Å². The van der Waals surface area contributed by atoms with Gasteiger partial charge in [0.2, 0.25) is 0 Å². The van der Waals surface area contributed by atoms with Gasteiger partial charge in [0, 0.05) is 10.8 Å². The van der Waals surface area contributed by atoms with Crippen LogP contribution in [0.5, 0.6) is 0 Å². The van der Waals surface area contributed by atoms with Gasteiger partial charge in [-0.05, 0) is 94.0 Å². The Hall–Kier alpha value is -4.68. The Morgan fingerprint density at radius 2 is 0.929 bits per heavy atom. The highest BCUT2D eigenvalue weighted by Crippen LogP contribution is 2.62. The molecule has 0 N–H and O–H groups in total. The van der Waals surface area contributed by atoms with Crippen molar-refractivity contribution in [2.45, 2.75) is 38.5 Å². The molecule has 7 aromatic rings. The summed E-state index contributed by atoms with van der Waals surface area (Å²) in [5.41, 5.74) is 13.9. The highest BCUT2D eigenvalue weighted by molar-refractivity contribution is 6.25. The molecule has 0 saturated carbocycles. The standard InChI is InChI=1S/C42H32/c1-41(2)35-11-6-5-10-33(35)39-40(41)34-23-20-30(24-36(34)42(39,3)4)25-12-14-26(15-13-25)31-21-18-29-17-16-27-8-7-9-28-19-22-32(31)38(29)37(27)28/h5-24H,1-4H3. The third-order valence-electron chi connectivity index (χ3n) is 10.4. The van der Waals surface area contributed by atoms with Crippen LogP contribution in [-0.4, -0.2) is 0 Å². The SMILES string of the molecule is CC1(C)C2=C(c3ccccc31)C(C)(C)c1cc(-c3ccc(-c4ccc5ccc6cccc7ccc4c5c67)cc3)ccc12. The molecule has 0 heteroatoms. The summed E-state index contributed by atoms with van der Waals surface area (Å²) in [5, 5.41) is 8.00. The number of rotatable bonds is 2. The quantitative estimate of drug-likeness (QED) is 0.193. The van der Waals surface area contributed by atoms with Crippen molar-refractivity contribution in [1.29, 1.82) is 0 Å². The van der Waals surface area contributed by atoms with Crippen molar-refractivity contribution in [3.05, 3.63) is 144 Å². The zero-order valence-corrected chi connectivity index (χ0v) is 24.5. The second kappa shape index (κ2) is 7.99. The van der Waals surface area contributed by atoms with Crippen molar-refractivity contribution in [2.24, 2.45) is 0 Å². The maximum atomic E-state index is 2.46. The van der Waals surface area contributed by atoms with E-state index in [2.05, 4.69) is 149 Å². The van der Waals surface area contributed by atoms with Gasteiger partial charge in [-0.1, -0.05) is 143 Å². The van der Waals surface area contributed by atoms with Crippen LogP contribution in [0, 0.1) is 0 Å². The van der Waals surface area contributed by atoms with Gasteiger partial charge in [0.1, 0.15) is 0 Å². The third-order valence-corrected chi connectivity index (χ3v) is 10.4. The molecule has 0 amide bonds. The first-order chi connectivity index (χ1) is 20.3. The molecule has 0 aromatic heterocycles. The van der Waals surface area contributed by atoms with Crippen LogP contribution in [0.4, 0.5) is 0 Å². The molecule has 0 bridgehead atoms. The predicted molar refractivity (Wildman–Crippen MR) is 180 cm³/mol. The fourth-order valence-corrected chi connectivity index (χ4v) is 8.37. The van der Waals surface area contributed by atoms with Crippen molar-refractivity contribution < 1.29 is 0 Å². The lowest BCUT2D eigenvalue weighted by atomic mass is 9.75. The molecule has 0 fully saturated rings. The summed E-state index contributed by atoms with van der Waals surface area (Å²) in [6, 6.07) is 45.7. The number of allylic oxidation sites excluding steroid dienone is 2. The maximum Gasteiger partial charge on any atom is 0.0162 e. The molecule has 9 rings (SSSR count). The van der Waals surface area contributed by atoms with Gasteiger partial charge in [-0.3, -0.25) is 0 Å². The Morgan fingerprint density at radius 3 is 1.69 bits per heavy atom. The average molecular weight is 537 g/mol. The number of hydrogen-bond donors (Lipinski definition) is 0. The Morgan fingerprint density at radius 1 is 0.381 bits per heavy atom. The van der Waals surface area contributed by atoms with Crippen molar-refractivity contribution in [2.75, 3.05) is 0 Å².